The van der Waals surface area contributed by atoms with Crippen molar-refractivity contribution in [3.63, 3.8) is 0 Å². The number of amides is 2. The van der Waals surface area contributed by atoms with Crippen molar-refractivity contribution in [2.45, 2.75) is 32.6 Å². The molecule has 2 aromatic carbocycles. The van der Waals surface area contributed by atoms with Crippen molar-refractivity contribution < 1.29 is 14.3 Å². The normalized spacial score (nSPS) is 11.9. The van der Waals surface area contributed by atoms with Gasteiger partial charge in [0.05, 0.1) is 19.4 Å². The highest BCUT2D eigenvalue weighted by Crippen LogP contribution is 2.21. The van der Waals surface area contributed by atoms with Gasteiger partial charge in [0.15, 0.2) is 0 Å². The van der Waals surface area contributed by atoms with Crippen LogP contribution >= 0.6 is 0 Å². The van der Waals surface area contributed by atoms with Crippen LogP contribution in [0.3, 0.4) is 0 Å². The van der Waals surface area contributed by atoms with Gasteiger partial charge in [0.25, 0.3) is 0 Å². The Morgan fingerprint density at radius 3 is 2.52 bits per heavy atom. The van der Waals surface area contributed by atoms with Crippen molar-refractivity contribution in [1.82, 2.24) is 5.43 Å². The zero-order valence-corrected chi connectivity index (χ0v) is 15.9. The SMILES string of the molecule is CCC(C)c1ccc(OCCCOc2cccc(/C=N/NC(N)=O)c2)cc1. The maximum atomic E-state index is 10.6. The summed E-state index contributed by atoms with van der Waals surface area (Å²) in [4.78, 5) is 10.6. The van der Waals surface area contributed by atoms with Gasteiger partial charge in [-0.2, -0.15) is 5.10 Å². The Morgan fingerprint density at radius 1 is 1.15 bits per heavy atom. The Morgan fingerprint density at radius 2 is 1.85 bits per heavy atom. The molecule has 0 saturated heterocycles. The molecule has 0 spiro atoms. The maximum Gasteiger partial charge on any atom is 0.332 e. The number of rotatable bonds is 10. The van der Waals surface area contributed by atoms with E-state index in [-0.39, 0.29) is 0 Å². The molecule has 0 fully saturated rings. The Kier molecular flexibility index (Phi) is 8.16. The molecule has 0 heterocycles. The van der Waals surface area contributed by atoms with Crippen molar-refractivity contribution in [2.75, 3.05) is 13.2 Å². The molecule has 1 atom stereocenters. The zero-order chi connectivity index (χ0) is 19.5. The van der Waals surface area contributed by atoms with Gasteiger partial charge in [0.1, 0.15) is 11.5 Å². The molecule has 3 N–H and O–H groups in total. The number of hydrogen-bond acceptors (Lipinski definition) is 4. The van der Waals surface area contributed by atoms with Gasteiger partial charge in [0, 0.05) is 6.42 Å². The van der Waals surface area contributed by atoms with Gasteiger partial charge >= 0.3 is 6.03 Å². The van der Waals surface area contributed by atoms with E-state index in [2.05, 4.69) is 36.5 Å². The van der Waals surface area contributed by atoms with Crippen molar-refractivity contribution in [3.05, 3.63) is 59.7 Å². The molecule has 0 bridgehead atoms. The van der Waals surface area contributed by atoms with Crippen molar-refractivity contribution in [1.29, 1.82) is 0 Å². The molecule has 2 amide bonds. The minimum absolute atomic E-state index is 0.547. The first-order valence-corrected chi connectivity index (χ1v) is 9.12. The second-order valence-electron chi connectivity index (χ2n) is 6.24. The molecule has 0 aliphatic carbocycles. The number of nitrogens with one attached hydrogen (secondary N) is 1. The Hall–Kier alpha value is -3.02. The lowest BCUT2D eigenvalue weighted by molar-refractivity contribution is 0.247. The summed E-state index contributed by atoms with van der Waals surface area (Å²) in [7, 11) is 0. The van der Waals surface area contributed by atoms with Gasteiger partial charge in [-0.15, -0.1) is 0 Å². The summed E-state index contributed by atoms with van der Waals surface area (Å²) >= 11 is 0. The van der Waals surface area contributed by atoms with Gasteiger partial charge in [0.2, 0.25) is 0 Å². The molecule has 6 nitrogen and oxygen atoms in total. The second kappa shape index (κ2) is 10.9. The van der Waals surface area contributed by atoms with E-state index in [0.717, 1.165) is 29.9 Å². The molecule has 0 aliphatic heterocycles. The summed E-state index contributed by atoms with van der Waals surface area (Å²) in [6, 6.07) is 15.0. The van der Waals surface area contributed by atoms with Crippen molar-refractivity contribution in [3.8, 4) is 11.5 Å². The molecule has 144 valence electrons. The Labute approximate surface area is 160 Å². The fraction of sp³-hybridized carbons (Fsp3) is 0.333. The van der Waals surface area contributed by atoms with Crippen molar-refractivity contribution >= 4 is 12.2 Å². The minimum Gasteiger partial charge on any atom is -0.493 e. The van der Waals surface area contributed by atoms with E-state index in [4.69, 9.17) is 15.2 Å². The smallest absolute Gasteiger partial charge is 0.332 e. The molecule has 0 aliphatic rings. The number of urea groups is 1. The lowest BCUT2D eigenvalue weighted by Gasteiger charge is -2.11. The van der Waals surface area contributed by atoms with E-state index < -0.39 is 6.03 Å². The third-order valence-corrected chi connectivity index (χ3v) is 4.13. The number of nitrogens with two attached hydrogens (primary N) is 1. The van der Waals surface area contributed by atoms with E-state index >= 15 is 0 Å². The fourth-order valence-corrected chi connectivity index (χ4v) is 2.42. The number of carbonyl (C=O) groups excluding carboxylic acids is 1. The van der Waals surface area contributed by atoms with E-state index in [1.807, 2.05) is 36.4 Å². The molecule has 0 aromatic heterocycles. The summed E-state index contributed by atoms with van der Waals surface area (Å²) in [5.41, 5.74) is 9.24. The molecule has 1 unspecified atom stereocenters. The number of nitrogens with zero attached hydrogens (tertiary/aromatic N) is 1. The average Bonchev–Trinajstić information content (AvgIpc) is 2.67. The fourth-order valence-electron chi connectivity index (χ4n) is 2.42. The van der Waals surface area contributed by atoms with E-state index in [1.165, 1.54) is 11.8 Å². The lowest BCUT2D eigenvalue weighted by atomic mass is 9.99. The van der Waals surface area contributed by atoms with Crippen LogP contribution in [0, 0.1) is 0 Å². The van der Waals surface area contributed by atoms with E-state index in [9.17, 15) is 4.79 Å². The van der Waals surface area contributed by atoms with E-state index in [0.29, 0.717) is 19.1 Å². The van der Waals surface area contributed by atoms with Gasteiger partial charge in [-0.3, -0.25) is 0 Å². The summed E-state index contributed by atoms with van der Waals surface area (Å²) in [5.74, 6) is 2.18. The third-order valence-electron chi connectivity index (χ3n) is 4.13. The number of hydrogen-bond donors (Lipinski definition) is 2. The molecule has 27 heavy (non-hydrogen) atoms. The highest BCUT2D eigenvalue weighted by atomic mass is 16.5. The van der Waals surface area contributed by atoms with Crippen LogP contribution in [0.2, 0.25) is 0 Å². The monoisotopic (exact) mass is 369 g/mol. The first kappa shape index (κ1) is 20.3. The topological polar surface area (TPSA) is 85.9 Å². The molecule has 2 aromatic rings. The Bertz CT molecular complexity index is 745. The number of hydrazone groups is 1. The van der Waals surface area contributed by atoms with Crippen LogP contribution in [-0.2, 0) is 0 Å². The molecular formula is C21H27N3O3. The van der Waals surface area contributed by atoms with E-state index in [1.54, 1.807) is 0 Å². The first-order chi connectivity index (χ1) is 13.1. The number of carbonyl (C=O) groups is 1. The van der Waals surface area contributed by atoms with Crippen LogP contribution in [-0.4, -0.2) is 25.5 Å². The minimum atomic E-state index is -0.701. The van der Waals surface area contributed by atoms with Crippen LogP contribution < -0.4 is 20.6 Å². The molecule has 0 radical (unpaired) electrons. The largest absolute Gasteiger partial charge is 0.493 e. The average molecular weight is 369 g/mol. The van der Waals surface area contributed by atoms with Gasteiger partial charge in [-0.1, -0.05) is 38.1 Å². The summed E-state index contributed by atoms with van der Waals surface area (Å²) in [6.07, 6.45) is 3.41. The second-order valence-corrected chi connectivity index (χ2v) is 6.24. The molecule has 6 heteroatoms. The quantitative estimate of drug-likeness (QED) is 0.376. The van der Waals surface area contributed by atoms with Crippen LogP contribution in [0.5, 0.6) is 11.5 Å². The summed E-state index contributed by atoms with van der Waals surface area (Å²) in [6.45, 7) is 5.55. The van der Waals surface area contributed by atoms with Crippen LogP contribution in [0.4, 0.5) is 4.79 Å². The standard InChI is InChI=1S/C21H27N3O3/c1-3-16(2)18-8-10-19(11-9-18)26-12-5-13-27-20-7-4-6-17(14-20)15-23-24-21(22)25/h4,6-11,14-16H,3,5,12-13H2,1-2H3,(H3,22,24,25)/b23-15+. The first-order valence-electron chi connectivity index (χ1n) is 9.12. The molecule has 0 saturated carbocycles. The van der Waals surface area contributed by atoms with Crippen LogP contribution in [0.25, 0.3) is 0 Å². The Balaban J connectivity index is 1.71. The number of benzene rings is 2. The summed E-state index contributed by atoms with van der Waals surface area (Å²) in [5, 5.41) is 3.72. The lowest BCUT2D eigenvalue weighted by Crippen LogP contribution is -2.24. The predicted molar refractivity (Wildman–Crippen MR) is 108 cm³/mol. The van der Waals surface area contributed by atoms with Crippen LogP contribution in [0.15, 0.2) is 53.6 Å². The highest BCUT2D eigenvalue weighted by Gasteiger charge is 2.03. The number of primary amides is 1. The van der Waals surface area contributed by atoms with Crippen LogP contribution in [0.1, 0.15) is 43.7 Å². The van der Waals surface area contributed by atoms with Gasteiger partial charge < -0.3 is 15.2 Å². The predicted octanol–water partition coefficient (Wildman–Crippen LogP) is 4.05. The van der Waals surface area contributed by atoms with Gasteiger partial charge in [-0.05, 0) is 47.7 Å². The van der Waals surface area contributed by atoms with Crippen molar-refractivity contribution in [2.24, 2.45) is 10.8 Å². The molecule has 2 rings (SSSR count). The maximum absolute atomic E-state index is 10.6. The highest BCUT2D eigenvalue weighted by molar-refractivity contribution is 5.81. The summed E-state index contributed by atoms with van der Waals surface area (Å²) < 4.78 is 11.5. The zero-order valence-electron chi connectivity index (χ0n) is 15.9. The third kappa shape index (κ3) is 7.40. The van der Waals surface area contributed by atoms with Gasteiger partial charge in [-0.25, -0.2) is 10.2 Å². The molecular weight excluding hydrogens is 342 g/mol. The number of ether oxygens (including phenoxy) is 2.